The number of halogens is 1. The van der Waals surface area contributed by atoms with Gasteiger partial charge in [0.25, 0.3) is 0 Å². The third kappa shape index (κ3) is 3.23. The summed E-state index contributed by atoms with van der Waals surface area (Å²) >= 11 is 6.02. The monoisotopic (exact) mass is 308 g/mol. The Labute approximate surface area is 130 Å². The number of amides is 1. The van der Waals surface area contributed by atoms with Gasteiger partial charge in [-0.25, -0.2) is 0 Å². The zero-order chi connectivity index (χ0) is 14.9. The lowest BCUT2D eigenvalue weighted by Gasteiger charge is -2.43. The zero-order valence-corrected chi connectivity index (χ0v) is 13.1. The predicted octanol–water partition coefficient (Wildman–Crippen LogP) is 2.02. The maximum atomic E-state index is 12.4. The number of piperazine rings is 1. The third-order valence-electron chi connectivity index (χ3n) is 4.31. The van der Waals surface area contributed by atoms with E-state index in [1.807, 2.05) is 30.0 Å². The van der Waals surface area contributed by atoms with Gasteiger partial charge in [0.1, 0.15) is 0 Å². The normalized spacial score (nSPS) is 21.9. The smallest absolute Gasteiger partial charge is 0.233 e. The first-order chi connectivity index (χ1) is 10.1. The van der Waals surface area contributed by atoms with Crippen molar-refractivity contribution in [3.63, 3.8) is 0 Å². The maximum Gasteiger partial charge on any atom is 0.233 e. The summed E-state index contributed by atoms with van der Waals surface area (Å²) in [5.41, 5.74) is 0.941. The molecule has 0 saturated carbocycles. The second-order valence-electron chi connectivity index (χ2n) is 6.25. The fourth-order valence-corrected chi connectivity index (χ4v) is 3.13. The van der Waals surface area contributed by atoms with Crippen molar-refractivity contribution in [1.82, 2.24) is 9.80 Å². The minimum Gasteiger partial charge on any atom is -0.379 e. The Kier molecular flexibility index (Phi) is 4.20. The van der Waals surface area contributed by atoms with E-state index in [0.717, 1.165) is 37.7 Å². The van der Waals surface area contributed by atoms with E-state index in [0.29, 0.717) is 13.2 Å². The number of carbonyl (C=O) groups is 1. The van der Waals surface area contributed by atoms with Gasteiger partial charge in [-0.3, -0.25) is 9.69 Å². The van der Waals surface area contributed by atoms with Crippen LogP contribution in [-0.4, -0.2) is 55.1 Å². The summed E-state index contributed by atoms with van der Waals surface area (Å²) in [4.78, 5) is 16.8. The van der Waals surface area contributed by atoms with Gasteiger partial charge in [-0.15, -0.1) is 0 Å². The van der Waals surface area contributed by atoms with E-state index in [4.69, 9.17) is 16.3 Å². The largest absolute Gasteiger partial charge is 0.379 e. The van der Waals surface area contributed by atoms with E-state index >= 15 is 0 Å². The third-order valence-corrected chi connectivity index (χ3v) is 4.55. The molecule has 0 aromatic heterocycles. The highest BCUT2D eigenvalue weighted by Crippen LogP contribution is 2.29. The van der Waals surface area contributed by atoms with Gasteiger partial charge < -0.3 is 9.64 Å². The van der Waals surface area contributed by atoms with Crippen LogP contribution in [0.15, 0.2) is 24.3 Å². The van der Waals surface area contributed by atoms with E-state index in [9.17, 15) is 4.79 Å². The molecule has 0 N–H and O–H groups in total. The Morgan fingerprint density at radius 2 is 2.00 bits per heavy atom. The quantitative estimate of drug-likeness (QED) is 0.856. The van der Waals surface area contributed by atoms with E-state index in [1.54, 1.807) is 0 Å². The predicted molar refractivity (Wildman–Crippen MR) is 82.2 cm³/mol. The lowest BCUT2D eigenvalue weighted by atomic mass is 9.86. The van der Waals surface area contributed by atoms with Crippen molar-refractivity contribution in [3.8, 4) is 0 Å². The SMILES string of the molecule is CC1(C(=O)N2CCN(Cc3cccc(Cl)c3)CC2)COC1. The van der Waals surface area contributed by atoms with Crippen molar-refractivity contribution >= 4 is 17.5 Å². The van der Waals surface area contributed by atoms with E-state index < -0.39 is 0 Å². The van der Waals surface area contributed by atoms with Crippen LogP contribution in [0.1, 0.15) is 12.5 Å². The summed E-state index contributed by atoms with van der Waals surface area (Å²) in [5.74, 6) is 0.246. The topological polar surface area (TPSA) is 32.8 Å². The number of hydrogen-bond acceptors (Lipinski definition) is 3. The molecule has 0 bridgehead atoms. The molecule has 0 aliphatic carbocycles. The number of hydrogen-bond donors (Lipinski definition) is 0. The molecule has 0 spiro atoms. The molecule has 0 unspecified atom stereocenters. The summed E-state index contributed by atoms with van der Waals surface area (Å²) in [5, 5.41) is 0.777. The Bertz CT molecular complexity index is 523. The molecule has 0 atom stereocenters. The van der Waals surface area contributed by atoms with Gasteiger partial charge in [-0.05, 0) is 24.6 Å². The average Bonchev–Trinajstić information content (AvgIpc) is 2.45. The fourth-order valence-electron chi connectivity index (χ4n) is 2.92. The summed E-state index contributed by atoms with van der Waals surface area (Å²) < 4.78 is 5.19. The Morgan fingerprint density at radius 1 is 1.29 bits per heavy atom. The molecule has 2 heterocycles. The van der Waals surface area contributed by atoms with Crippen molar-refractivity contribution in [2.24, 2.45) is 5.41 Å². The lowest BCUT2D eigenvalue weighted by molar-refractivity contribution is -0.170. The van der Waals surface area contributed by atoms with Crippen LogP contribution < -0.4 is 0 Å². The fraction of sp³-hybridized carbons (Fsp3) is 0.562. The van der Waals surface area contributed by atoms with Crippen LogP contribution in [-0.2, 0) is 16.1 Å². The first-order valence-corrected chi connectivity index (χ1v) is 7.79. The molecular formula is C16H21ClN2O2. The molecule has 114 valence electrons. The van der Waals surface area contributed by atoms with E-state index in [-0.39, 0.29) is 11.3 Å². The van der Waals surface area contributed by atoms with Gasteiger partial charge in [0, 0.05) is 37.7 Å². The van der Waals surface area contributed by atoms with Gasteiger partial charge in [-0.1, -0.05) is 23.7 Å². The number of carbonyl (C=O) groups excluding carboxylic acids is 1. The van der Waals surface area contributed by atoms with Crippen molar-refractivity contribution < 1.29 is 9.53 Å². The molecule has 0 radical (unpaired) electrons. The van der Waals surface area contributed by atoms with Gasteiger partial charge in [-0.2, -0.15) is 0 Å². The first kappa shape index (κ1) is 14.8. The minimum atomic E-state index is -0.283. The average molecular weight is 309 g/mol. The number of benzene rings is 1. The van der Waals surface area contributed by atoms with Crippen LogP contribution in [0.5, 0.6) is 0 Å². The molecule has 21 heavy (non-hydrogen) atoms. The number of rotatable bonds is 3. The van der Waals surface area contributed by atoms with Gasteiger partial charge in [0.05, 0.1) is 18.6 Å². The maximum absolute atomic E-state index is 12.4. The highest BCUT2D eigenvalue weighted by atomic mass is 35.5. The molecule has 2 aliphatic rings. The van der Waals surface area contributed by atoms with E-state index in [1.165, 1.54) is 5.56 Å². The van der Waals surface area contributed by atoms with Crippen LogP contribution in [0.25, 0.3) is 0 Å². The molecule has 5 heteroatoms. The Hall–Kier alpha value is -1.10. The van der Waals surface area contributed by atoms with E-state index in [2.05, 4.69) is 11.0 Å². The molecule has 2 saturated heterocycles. The van der Waals surface area contributed by atoms with Crippen LogP contribution in [0, 0.1) is 5.41 Å². The summed E-state index contributed by atoms with van der Waals surface area (Å²) in [6.07, 6.45) is 0. The Balaban J connectivity index is 1.52. The first-order valence-electron chi connectivity index (χ1n) is 7.41. The summed E-state index contributed by atoms with van der Waals surface area (Å²) in [7, 11) is 0. The van der Waals surface area contributed by atoms with Crippen LogP contribution in [0.4, 0.5) is 0 Å². The molecule has 1 aromatic rings. The summed E-state index contributed by atoms with van der Waals surface area (Å²) in [6.45, 7) is 7.44. The van der Waals surface area contributed by atoms with Gasteiger partial charge >= 0.3 is 0 Å². The molecular weight excluding hydrogens is 288 g/mol. The zero-order valence-electron chi connectivity index (χ0n) is 12.3. The van der Waals surface area contributed by atoms with Crippen molar-refractivity contribution in [2.75, 3.05) is 39.4 Å². The Morgan fingerprint density at radius 3 is 2.57 bits per heavy atom. The second-order valence-corrected chi connectivity index (χ2v) is 6.69. The van der Waals surface area contributed by atoms with Crippen LogP contribution >= 0.6 is 11.6 Å². The molecule has 1 aromatic carbocycles. The number of nitrogens with zero attached hydrogens (tertiary/aromatic N) is 2. The van der Waals surface area contributed by atoms with Crippen molar-refractivity contribution in [1.29, 1.82) is 0 Å². The highest BCUT2D eigenvalue weighted by molar-refractivity contribution is 6.30. The van der Waals surface area contributed by atoms with Gasteiger partial charge in [0.15, 0.2) is 0 Å². The molecule has 4 nitrogen and oxygen atoms in total. The van der Waals surface area contributed by atoms with Gasteiger partial charge in [0.2, 0.25) is 5.91 Å². The minimum absolute atomic E-state index is 0.246. The lowest BCUT2D eigenvalue weighted by Crippen LogP contribution is -2.57. The van der Waals surface area contributed by atoms with Crippen LogP contribution in [0.3, 0.4) is 0 Å². The number of ether oxygens (including phenoxy) is 1. The molecule has 3 rings (SSSR count). The standard InChI is InChI=1S/C16H21ClN2O2/c1-16(11-21-12-16)15(20)19-7-5-18(6-8-19)10-13-3-2-4-14(17)9-13/h2-4,9H,5-8,10-12H2,1H3. The highest BCUT2D eigenvalue weighted by Gasteiger charge is 2.44. The second kappa shape index (κ2) is 5.95. The van der Waals surface area contributed by atoms with Crippen molar-refractivity contribution in [2.45, 2.75) is 13.5 Å². The molecule has 2 aliphatic heterocycles. The molecule has 2 fully saturated rings. The summed E-state index contributed by atoms with van der Waals surface area (Å²) in [6, 6.07) is 7.97. The molecule has 1 amide bonds. The van der Waals surface area contributed by atoms with Crippen LogP contribution in [0.2, 0.25) is 5.02 Å². The van der Waals surface area contributed by atoms with Crippen molar-refractivity contribution in [3.05, 3.63) is 34.9 Å².